The minimum atomic E-state index is -0.701. The highest BCUT2D eigenvalue weighted by molar-refractivity contribution is 9.10. The van der Waals surface area contributed by atoms with E-state index in [1.54, 1.807) is 13.0 Å². The highest BCUT2D eigenvalue weighted by atomic mass is 79.9. The maximum absolute atomic E-state index is 12.7. The molecule has 1 aliphatic heterocycles. The molecule has 1 saturated heterocycles. The lowest BCUT2D eigenvalue weighted by atomic mass is 10.1. The number of carbonyl (C=O) groups is 3. The van der Waals surface area contributed by atoms with Crippen LogP contribution >= 0.6 is 15.9 Å². The molecule has 1 aromatic carbocycles. The summed E-state index contributed by atoms with van der Waals surface area (Å²) in [5.41, 5.74) is -0.0471. The number of esters is 1. The van der Waals surface area contributed by atoms with Gasteiger partial charge in [0.05, 0.1) is 29.2 Å². The molecule has 1 atom stereocenters. The molecule has 11 nitrogen and oxygen atoms in total. The highest BCUT2D eigenvalue weighted by Gasteiger charge is 2.34. The molecule has 0 radical (unpaired) electrons. The van der Waals surface area contributed by atoms with Crippen molar-refractivity contribution in [1.29, 1.82) is 0 Å². The number of amides is 3. The Balaban J connectivity index is 1.86. The van der Waals surface area contributed by atoms with Crippen molar-refractivity contribution >= 4 is 45.6 Å². The first kappa shape index (κ1) is 24.0. The Kier molecular flexibility index (Phi) is 7.16. The molecular weight excluding hydrogens is 502 g/mol. The number of nitro groups is 1. The third-order valence-corrected chi connectivity index (χ3v) is 5.36. The molecule has 0 bridgehead atoms. The van der Waals surface area contributed by atoms with E-state index in [4.69, 9.17) is 9.15 Å². The second-order valence-electron chi connectivity index (χ2n) is 7.08. The average molecular weight is 522 g/mol. The number of hydrogen-bond donors (Lipinski definition) is 1. The molecule has 3 amide bonds. The van der Waals surface area contributed by atoms with Gasteiger partial charge in [0.25, 0.3) is 5.91 Å². The maximum Gasteiger partial charge on any atom is 0.373 e. The smallest absolute Gasteiger partial charge is 0.373 e. The molecule has 0 spiro atoms. The van der Waals surface area contributed by atoms with E-state index in [9.17, 15) is 24.5 Å². The summed E-state index contributed by atoms with van der Waals surface area (Å²) in [7, 11) is 1.20. The number of nitrogens with zero attached hydrogens (tertiary/aromatic N) is 2. The molecule has 1 fully saturated rings. The van der Waals surface area contributed by atoms with Crippen molar-refractivity contribution in [3.8, 4) is 5.75 Å². The van der Waals surface area contributed by atoms with Crippen molar-refractivity contribution in [1.82, 2.24) is 10.2 Å². The van der Waals surface area contributed by atoms with E-state index in [-0.39, 0.29) is 41.3 Å². The topological polar surface area (TPSA) is 141 Å². The Hall–Kier alpha value is -3.67. The van der Waals surface area contributed by atoms with Gasteiger partial charge in [0.1, 0.15) is 11.5 Å². The van der Waals surface area contributed by atoms with Crippen LogP contribution in [-0.2, 0) is 16.1 Å². The van der Waals surface area contributed by atoms with Gasteiger partial charge in [-0.25, -0.2) is 9.59 Å². The largest absolute Gasteiger partial charge is 0.483 e. The van der Waals surface area contributed by atoms with Gasteiger partial charge in [0, 0.05) is 6.07 Å². The molecule has 0 saturated carbocycles. The molecule has 2 heterocycles. The van der Waals surface area contributed by atoms with Crippen LogP contribution in [0.15, 0.2) is 38.9 Å². The number of rotatable bonds is 8. The van der Waals surface area contributed by atoms with E-state index >= 15 is 0 Å². The molecule has 33 heavy (non-hydrogen) atoms. The lowest BCUT2D eigenvalue weighted by molar-refractivity contribution is -0.386. The second kappa shape index (κ2) is 9.86. The van der Waals surface area contributed by atoms with Crippen LogP contribution in [0.3, 0.4) is 0 Å². The minimum absolute atomic E-state index is 0.0628. The first-order valence-electron chi connectivity index (χ1n) is 9.80. The number of urea groups is 1. The zero-order chi connectivity index (χ0) is 24.3. The van der Waals surface area contributed by atoms with Crippen molar-refractivity contribution < 1.29 is 33.2 Å². The lowest BCUT2D eigenvalue weighted by Crippen LogP contribution is -2.30. The number of nitro benzene ring substituents is 1. The molecule has 1 aromatic heterocycles. The van der Waals surface area contributed by atoms with Crippen molar-refractivity contribution in [2.75, 3.05) is 7.11 Å². The molecule has 2 aromatic rings. The SMILES string of the molecule is CC[C@@H](C)Oc1c(Br)cc(/C=C2\NC(=O)N(Cc3ccc(C(=O)OC)o3)C2=O)cc1[N+](=O)[O-]. The van der Waals surface area contributed by atoms with Gasteiger partial charge >= 0.3 is 17.7 Å². The van der Waals surface area contributed by atoms with Crippen LogP contribution in [0.5, 0.6) is 5.75 Å². The van der Waals surface area contributed by atoms with Gasteiger partial charge in [-0.15, -0.1) is 0 Å². The quantitative estimate of drug-likeness (QED) is 0.180. The zero-order valence-corrected chi connectivity index (χ0v) is 19.5. The Bertz CT molecular complexity index is 1160. The fourth-order valence-corrected chi connectivity index (χ4v) is 3.49. The minimum Gasteiger partial charge on any atom is -0.483 e. The Morgan fingerprint density at radius 1 is 1.36 bits per heavy atom. The van der Waals surface area contributed by atoms with Crippen LogP contribution < -0.4 is 10.1 Å². The fraction of sp³-hybridized carbons (Fsp3) is 0.286. The number of methoxy groups -OCH3 is 1. The summed E-state index contributed by atoms with van der Waals surface area (Å²) >= 11 is 3.28. The molecule has 1 aliphatic rings. The first-order chi connectivity index (χ1) is 15.6. The lowest BCUT2D eigenvalue weighted by Gasteiger charge is -2.14. The standard InChI is InChI=1S/C21H20BrN3O8/c1-4-11(2)32-18-14(22)7-12(9-16(18)25(29)30)8-15-19(26)24(21(28)23-15)10-13-5-6-17(33-13)20(27)31-3/h5-9,11H,4,10H2,1-3H3,(H,23,28)/b15-8-/t11-/m1/s1. The van der Waals surface area contributed by atoms with E-state index in [1.807, 2.05) is 6.92 Å². The van der Waals surface area contributed by atoms with Gasteiger partial charge < -0.3 is 19.2 Å². The zero-order valence-electron chi connectivity index (χ0n) is 17.9. The third-order valence-electron chi connectivity index (χ3n) is 4.77. The number of furan rings is 1. The van der Waals surface area contributed by atoms with Crippen LogP contribution in [-0.4, -0.2) is 40.9 Å². The predicted octanol–water partition coefficient (Wildman–Crippen LogP) is 4.01. The number of imide groups is 1. The summed E-state index contributed by atoms with van der Waals surface area (Å²) in [5.74, 6) is -1.13. The first-order valence-corrected chi connectivity index (χ1v) is 10.6. The number of hydrogen-bond acceptors (Lipinski definition) is 8. The van der Waals surface area contributed by atoms with E-state index in [0.29, 0.717) is 16.5 Å². The van der Waals surface area contributed by atoms with Crippen LogP contribution in [0, 0.1) is 10.1 Å². The monoisotopic (exact) mass is 521 g/mol. The summed E-state index contributed by atoms with van der Waals surface area (Å²) < 4.78 is 15.9. The summed E-state index contributed by atoms with van der Waals surface area (Å²) in [4.78, 5) is 48.4. The third kappa shape index (κ3) is 5.22. The summed E-state index contributed by atoms with van der Waals surface area (Å²) in [6, 6.07) is 4.93. The molecule has 3 rings (SSSR count). The molecule has 12 heteroatoms. The van der Waals surface area contributed by atoms with Gasteiger partial charge in [0.2, 0.25) is 11.5 Å². The van der Waals surface area contributed by atoms with Gasteiger partial charge in [0.15, 0.2) is 0 Å². The maximum atomic E-state index is 12.7. The summed E-state index contributed by atoms with van der Waals surface area (Å²) in [6.07, 6.45) is 1.74. The molecule has 0 aliphatic carbocycles. The number of nitrogens with one attached hydrogen (secondary N) is 1. The average Bonchev–Trinajstić information content (AvgIpc) is 3.35. The van der Waals surface area contributed by atoms with Crippen LogP contribution in [0.25, 0.3) is 6.08 Å². The molecule has 1 N–H and O–H groups in total. The number of halogens is 1. The second-order valence-corrected chi connectivity index (χ2v) is 7.94. The van der Waals surface area contributed by atoms with E-state index in [2.05, 4.69) is 26.0 Å². The van der Waals surface area contributed by atoms with Crippen molar-refractivity contribution in [3.05, 3.63) is 61.6 Å². The van der Waals surface area contributed by atoms with E-state index in [0.717, 1.165) is 4.90 Å². The normalized spacial score (nSPS) is 15.5. The molecule has 174 valence electrons. The van der Waals surface area contributed by atoms with Gasteiger partial charge in [-0.3, -0.25) is 19.8 Å². The van der Waals surface area contributed by atoms with Crippen LogP contribution in [0.4, 0.5) is 10.5 Å². The van der Waals surface area contributed by atoms with E-state index < -0.39 is 22.8 Å². The Labute approximate surface area is 196 Å². The van der Waals surface area contributed by atoms with E-state index in [1.165, 1.54) is 31.4 Å². The van der Waals surface area contributed by atoms with Gasteiger partial charge in [-0.2, -0.15) is 0 Å². The predicted molar refractivity (Wildman–Crippen MR) is 118 cm³/mol. The van der Waals surface area contributed by atoms with Crippen LogP contribution in [0.1, 0.15) is 42.1 Å². The Morgan fingerprint density at radius 2 is 2.09 bits per heavy atom. The van der Waals surface area contributed by atoms with Gasteiger partial charge in [-0.05, 0) is 59.1 Å². The van der Waals surface area contributed by atoms with Crippen molar-refractivity contribution in [2.24, 2.45) is 0 Å². The number of carbonyl (C=O) groups excluding carboxylic acids is 3. The van der Waals surface area contributed by atoms with Crippen LogP contribution in [0.2, 0.25) is 0 Å². The number of ether oxygens (including phenoxy) is 2. The number of benzene rings is 1. The van der Waals surface area contributed by atoms with Crippen molar-refractivity contribution in [2.45, 2.75) is 32.9 Å². The fourth-order valence-electron chi connectivity index (χ4n) is 2.93. The molecule has 0 unspecified atom stereocenters. The van der Waals surface area contributed by atoms with Crippen molar-refractivity contribution in [3.63, 3.8) is 0 Å². The molecular formula is C21H20BrN3O8. The summed E-state index contributed by atoms with van der Waals surface area (Å²) in [6.45, 7) is 3.47. The van der Waals surface area contributed by atoms with Gasteiger partial charge in [-0.1, -0.05) is 6.92 Å². The summed E-state index contributed by atoms with van der Waals surface area (Å²) in [5, 5.41) is 14.0. The Morgan fingerprint density at radius 3 is 2.73 bits per heavy atom. The highest BCUT2D eigenvalue weighted by Crippen LogP contribution is 2.38.